The van der Waals surface area contributed by atoms with Gasteiger partial charge in [-0.3, -0.25) is 0 Å². The molecule has 2 nitrogen and oxygen atoms in total. The Kier molecular flexibility index (Phi) is 4.80. The van der Waals surface area contributed by atoms with Crippen molar-refractivity contribution in [2.75, 3.05) is 12.4 Å². The Hall–Kier alpha value is -1.09. The molecule has 0 aliphatic carbocycles. The number of hydrogen-bond donors (Lipinski definition) is 0. The highest BCUT2D eigenvalue weighted by Crippen LogP contribution is 2.29. The summed E-state index contributed by atoms with van der Waals surface area (Å²) in [7, 11) is 0. The molecule has 0 saturated carbocycles. The Labute approximate surface area is 107 Å². The molecule has 0 bridgehead atoms. The van der Waals surface area contributed by atoms with Crippen LogP contribution < -0.4 is 4.74 Å². The van der Waals surface area contributed by atoms with Gasteiger partial charge in [-0.1, -0.05) is 43.3 Å². The molecule has 92 valence electrons. The molecule has 0 spiro atoms. The van der Waals surface area contributed by atoms with Crippen LogP contribution in [0, 0.1) is 0 Å². The van der Waals surface area contributed by atoms with Crippen LogP contribution in [-0.2, 0) is 4.74 Å². The monoisotopic (exact) mass is 250 g/mol. The maximum absolute atomic E-state index is 5.78. The van der Waals surface area contributed by atoms with Crippen molar-refractivity contribution < 1.29 is 9.47 Å². The van der Waals surface area contributed by atoms with Gasteiger partial charge in [-0.2, -0.15) is 0 Å². The van der Waals surface area contributed by atoms with E-state index in [1.807, 2.05) is 30.3 Å². The number of allylic oxidation sites excluding steroid dienone is 1. The number of para-hydroxylation sites is 1. The van der Waals surface area contributed by atoms with Crippen LogP contribution in [0.4, 0.5) is 0 Å². The second-order valence-corrected chi connectivity index (χ2v) is 5.01. The van der Waals surface area contributed by atoms with Crippen molar-refractivity contribution in [3.05, 3.63) is 41.5 Å². The van der Waals surface area contributed by atoms with Crippen molar-refractivity contribution in [2.45, 2.75) is 25.9 Å². The van der Waals surface area contributed by atoms with Gasteiger partial charge in [0.1, 0.15) is 23.6 Å². The van der Waals surface area contributed by atoms with Crippen molar-refractivity contribution >= 4 is 11.8 Å². The molecule has 0 N–H and O–H groups in total. The van der Waals surface area contributed by atoms with E-state index in [1.165, 1.54) is 6.42 Å². The van der Waals surface area contributed by atoms with Crippen molar-refractivity contribution in [3.63, 3.8) is 0 Å². The maximum Gasteiger partial charge on any atom is 0.150 e. The van der Waals surface area contributed by atoms with Crippen molar-refractivity contribution in [1.82, 2.24) is 0 Å². The summed E-state index contributed by atoms with van der Waals surface area (Å²) in [6.45, 7) is 2.80. The molecule has 1 atom stereocenters. The number of rotatable bonds is 5. The molecule has 1 unspecified atom stereocenters. The molecular weight excluding hydrogens is 232 g/mol. The second-order valence-electron chi connectivity index (χ2n) is 3.99. The summed E-state index contributed by atoms with van der Waals surface area (Å²) in [5.41, 5.74) is 0. The topological polar surface area (TPSA) is 18.5 Å². The van der Waals surface area contributed by atoms with E-state index in [0.29, 0.717) is 6.61 Å². The zero-order valence-electron chi connectivity index (χ0n) is 10.1. The highest BCUT2D eigenvalue weighted by atomic mass is 32.2. The average Bonchev–Trinajstić information content (AvgIpc) is 2.83. The van der Waals surface area contributed by atoms with Crippen molar-refractivity contribution in [1.29, 1.82) is 0 Å². The minimum absolute atomic E-state index is 0.184. The summed E-state index contributed by atoms with van der Waals surface area (Å²) < 4.78 is 11.5. The molecule has 0 radical (unpaired) electrons. The van der Waals surface area contributed by atoms with Crippen LogP contribution in [0.2, 0.25) is 0 Å². The lowest BCUT2D eigenvalue weighted by Gasteiger charge is -2.11. The molecule has 0 aromatic heterocycles. The minimum atomic E-state index is 0.184. The first-order valence-corrected chi connectivity index (χ1v) is 7.04. The molecule has 0 amide bonds. The highest BCUT2D eigenvalue weighted by Gasteiger charge is 2.21. The molecule has 1 fully saturated rings. The quantitative estimate of drug-likeness (QED) is 0.791. The van der Waals surface area contributed by atoms with Gasteiger partial charge < -0.3 is 9.47 Å². The molecule has 1 aliphatic rings. The summed E-state index contributed by atoms with van der Waals surface area (Å²) in [6, 6.07) is 9.88. The van der Waals surface area contributed by atoms with Crippen LogP contribution in [-0.4, -0.2) is 18.5 Å². The molecule has 2 rings (SSSR count). The van der Waals surface area contributed by atoms with E-state index in [4.69, 9.17) is 9.47 Å². The summed E-state index contributed by atoms with van der Waals surface area (Å²) in [6.07, 6.45) is 4.61. The fraction of sp³-hybridized carbons (Fsp3) is 0.429. The van der Waals surface area contributed by atoms with Crippen LogP contribution in [0.5, 0.6) is 5.75 Å². The molecule has 17 heavy (non-hydrogen) atoms. The number of ether oxygens (including phenoxy) is 2. The number of thioether (sulfide) groups is 1. The van der Waals surface area contributed by atoms with E-state index >= 15 is 0 Å². The lowest BCUT2D eigenvalue weighted by atomic mass is 10.3. The molecular formula is C14H18O2S. The Balaban J connectivity index is 1.75. The Morgan fingerprint density at radius 2 is 2.24 bits per heavy atom. The summed E-state index contributed by atoms with van der Waals surface area (Å²) >= 11 is 1.78. The van der Waals surface area contributed by atoms with Gasteiger partial charge in [-0.05, 0) is 24.6 Å². The van der Waals surface area contributed by atoms with Gasteiger partial charge in [0.2, 0.25) is 0 Å². The standard InChI is InChI=1S/C14H18O2S/c1-2-3-9-14-16-13(11-17-14)10-15-12-7-5-4-6-8-12/h4-9,13H,2-3,10-11H2,1H3/b14-9-. The number of hydrogen-bond acceptors (Lipinski definition) is 3. The van der Waals surface area contributed by atoms with E-state index in [1.54, 1.807) is 11.8 Å². The third kappa shape index (κ3) is 4.00. The van der Waals surface area contributed by atoms with Crippen molar-refractivity contribution in [3.8, 4) is 5.75 Å². The van der Waals surface area contributed by atoms with Crippen LogP contribution in [0.25, 0.3) is 0 Å². The normalized spacial score (nSPS) is 21.5. The Morgan fingerprint density at radius 3 is 3.00 bits per heavy atom. The van der Waals surface area contributed by atoms with Crippen LogP contribution in [0.15, 0.2) is 41.5 Å². The Bertz CT molecular complexity index is 362. The maximum atomic E-state index is 5.78. The predicted octanol–water partition coefficient (Wildman–Crippen LogP) is 3.84. The molecule has 1 heterocycles. The molecule has 1 aromatic rings. The van der Waals surface area contributed by atoms with Gasteiger partial charge in [0.05, 0.1) is 0 Å². The Morgan fingerprint density at radius 1 is 1.41 bits per heavy atom. The van der Waals surface area contributed by atoms with Crippen LogP contribution in [0.1, 0.15) is 19.8 Å². The summed E-state index contributed by atoms with van der Waals surface area (Å²) in [4.78, 5) is 0. The molecule has 1 aromatic carbocycles. The molecule has 3 heteroatoms. The average molecular weight is 250 g/mol. The minimum Gasteiger partial charge on any atom is -0.490 e. The lowest BCUT2D eigenvalue weighted by Crippen LogP contribution is -2.18. The fourth-order valence-corrected chi connectivity index (χ4v) is 2.52. The first-order chi connectivity index (χ1) is 8.38. The lowest BCUT2D eigenvalue weighted by molar-refractivity contribution is 0.109. The zero-order chi connectivity index (χ0) is 11.9. The fourth-order valence-electron chi connectivity index (χ4n) is 1.56. The largest absolute Gasteiger partial charge is 0.490 e. The number of unbranched alkanes of at least 4 members (excludes halogenated alkanes) is 1. The van der Waals surface area contributed by atoms with Gasteiger partial charge in [0, 0.05) is 5.75 Å². The van der Waals surface area contributed by atoms with Crippen molar-refractivity contribution in [2.24, 2.45) is 0 Å². The second kappa shape index (κ2) is 6.60. The highest BCUT2D eigenvalue weighted by molar-refractivity contribution is 8.03. The van der Waals surface area contributed by atoms with Gasteiger partial charge in [-0.25, -0.2) is 0 Å². The van der Waals surface area contributed by atoms with E-state index in [-0.39, 0.29) is 6.10 Å². The smallest absolute Gasteiger partial charge is 0.150 e. The van der Waals surface area contributed by atoms with E-state index in [2.05, 4.69) is 13.0 Å². The van der Waals surface area contributed by atoms with E-state index in [0.717, 1.165) is 23.0 Å². The third-order valence-corrected chi connectivity index (χ3v) is 3.56. The first-order valence-electron chi connectivity index (χ1n) is 6.06. The molecule has 1 aliphatic heterocycles. The van der Waals surface area contributed by atoms with E-state index < -0.39 is 0 Å². The van der Waals surface area contributed by atoms with Crippen LogP contribution in [0.3, 0.4) is 0 Å². The van der Waals surface area contributed by atoms with Crippen LogP contribution >= 0.6 is 11.8 Å². The summed E-state index contributed by atoms with van der Waals surface area (Å²) in [5.74, 6) is 1.90. The van der Waals surface area contributed by atoms with Gasteiger partial charge in [0.25, 0.3) is 0 Å². The zero-order valence-corrected chi connectivity index (χ0v) is 10.9. The summed E-state index contributed by atoms with van der Waals surface area (Å²) in [5, 5.41) is 1.06. The first kappa shape index (κ1) is 12.4. The van der Waals surface area contributed by atoms with Gasteiger partial charge in [-0.15, -0.1) is 0 Å². The van der Waals surface area contributed by atoms with E-state index in [9.17, 15) is 0 Å². The molecule has 1 saturated heterocycles. The predicted molar refractivity (Wildman–Crippen MR) is 72.3 cm³/mol. The third-order valence-electron chi connectivity index (χ3n) is 2.47. The number of benzene rings is 1. The SMILES string of the molecule is CCC/C=C1/OC(COc2ccccc2)CS1. The van der Waals surface area contributed by atoms with Gasteiger partial charge >= 0.3 is 0 Å². The van der Waals surface area contributed by atoms with Gasteiger partial charge in [0.15, 0.2) is 0 Å².